The highest BCUT2D eigenvalue weighted by Crippen LogP contribution is 2.42. The number of phenolic OH excluding ortho intramolecular Hbond substituents is 3. The van der Waals surface area contributed by atoms with Gasteiger partial charge in [0.25, 0.3) is 0 Å². The minimum atomic E-state index is -2.21. The van der Waals surface area contributed by atoms with Crippen molar-refractivity contribution in [2.45, 2.75) is 79.4 Å². The summed E-state index contributed by atoms with van der Waals surface area (Å²) in [5.74, 6) is -2.91. The van der Waals surface area contributed by atoms with Crippen LogP contribution in [0.5, 0.6) is 17.2 Å². The Hall–Kier alpha value is -5.27. The van der Waals surface area contributed by atoms with E-state index in [0.29, 0.717) is 5.56 Å². The van der Waals surface area contributed by atoms with Crippen molar-refractivity contribution < 1.29 is 104 Å². The minimum Gasteiger partial charge on any atom is -0.508 e. The first-order valence-electron chi connectivity index (χ1n) is 18.8. The lowest BCUT2D eigenvalue weighted by Gasteiger charge is -2.41. The van der Waals surface area contributed by atoms with E-state index in [0.717, 1.165) is 24.3 Å². The summed E-state index contributed by atoms with van der Waals surface area (Å²) in [6.07, 6.45) is -13.8. The second-order valence-corrected chi connectivity index (χ2v) is 14.7. The number of hydrogen-bond donors (Lipinski definition) is 12. The number of aliphatic hydroxyl groups excluding tert-OH is 8. The first kappa shape index (κ1) is 43.8. The van der Waals surface area contributed by atoms with E-state index >= 15 is 0 Å². The van der Waals surface area contributed by atoms with E-state index in [1.54, 1.807) is 12.1 Å². The van der Waals surface area contributed by atoms with Gasteiger partial charge in [0, 0.05) is 29.4 Å². The molecule has 1 aliphatic carbocycles. The van der Waals surface area contributed by atoms with Gasteiger partial charge < -0.3 is 99.2 Å². The molecular formula is C40H44O21. The number of hydrogen-bond acceptors (Lipinski definition) is 21. The topological polar surface area (TPSA) is 334 Å². The Morgan fingerprint density at radius 1 is 0.836 bits per heavy atom. The third-order valence-electron chi connectivity index (χ3n) is 10.3. The molecule has 13 atom stereocenters. The third kappa shape index (κ3) is 9.33. The molecule has 21 nitrogen and oxygen atoms in total. The number of carbonyl (C=O) groups is 1. The van der Waals surface area contributed by atoms with Crippen LogP contribution in [0.25, 0.3) is 11.8 Å². The molecule has 330 valence electrons. The average Bonchev–Trinajstić information content (AvgIpc) is 3.52. The Morgan fingerprint density at radius 3 is 2.31 bits per heavy atom. The number of aromatic hydroxyl groups is 3. The molecule has 13 unspecified atom stereocenters. The van der Waals surface area contributed by atoms with Crippen LogP contribution in [0.3, 0.4) is 0 Å². The molecule has 0 bridgehead atoms. The Bertz CT molecular complexity index is 2080. The molecule has 3 saturated heterocycles. The van der Waals surface area contributed by atoms with Gasteiger partial charge in [0.2, 0.25) is 12.6 Å². The Kier molecular flexibility index (Phi) is 12.9. The monoisotopic (exact) mass is 860 g/mol. The SMILES string of the molecule is O=C(C=Cc1ccc(O)cc1)OCC1(O)COC(OC2C(OC3=C(c4ccc(O)c(O)c4)OC4C=C(O)C=C(OC5OC(CO)C(O)C(O)C5O)C4=C3)OCC(O)C2O)C1O. The maximum Gasteiger partial charge on any atom is 0.330 e. The number of rotatable bonds is 12. The molecule has 4 heterocycles. The summed E-state index contributed by atoms with van der Waals surface area (Å²) >= 11 is 0. The zero-order chi connectivity index (χ0) is 43.7. The number of aliphatic hydroxyl groups is 9. The number of fused-ring (bicyclic) bond motifs is 1. The van der Waals surface area contributed by atoms with Gasteiger partial charge in [0.15, 0.2) is 41.0 Å². The molecule has 4 aliphatic heterocycles. The smallest absolute Gasteiger partial charge is 0.330 e. The Balaban J connectivity index is 1.13. The van der Waals surface area contributed by atoms with Crippen molar-refractivity contribution in [3.63, 3.8) is 0 Å². The van der Waals surface area contributed by atoms with E-state index < -0.39 is 129 Å². The fourth-order valence-corrected chi connectivity index (χ4v) is 6.83. The summed E-state index contributed by atoms with van der Waals surface area (Å²) in [6.45, 7) is -2.64. The first-order valence-corrected chi connectivity index (χ1v) is 18.8. The summed E-state index contributed by atoms with van der Waals surface area (Å²) in [4.78, 5) is 12.4. The fraction of sp³-hybridized carbons (Fsp3) is 0.425. The predicted molar refractivity (Wildman–Crippen MR) is 200 cm³/mol. The van der Waals surface area contributed by atoms with Gasteiger partial charge >= 0.3 is 5.97 Å². The van der Waals surface area contributed by atoms with Crippen LogP contribution in [-0.4, -0.2) is 173 Å². The standard InChI is InChI=1S/C40H44O21/c41-13-28-31(49)32(50)33(51)37(60-28)58-26-11-20(43)10-25-21(26)12-27(34(57-25)18-4-7-22(44)23(45)9-18)59-38-35(30(48)24(46)14-54-38)61-39-36(52)40(53,16-56-39)15-55-29(47)8-3-17-1-5-19(42)6-2-17/h1-12,24-25,28,30-33,35-39,41-46,48-53H,13-16H2. The molecular weight excluding hydrogens is 816 g/mol. The molecule has 0 saturated carbocycles. The van der Waals surface area contributed by atoms with Crippen LogP contribution < -0.4 is 0 Å². The van der Waals surface area contributed by atoms with Gasteiger partial charge in [0.05, 0.1) is 19.8 Å². The van der Waals surface area contributed by atoms with Crippen molar-refractivity contribution in [2.24, 2.45) is 0 Å². The summed E-state index contributed by atoms with van der Waals surface area (Å²) < 4.78 is 46.0. The zero-order valence-corrected chi connectivity index (χ0v) is 31.7. The van der Waals surface area contributed by atoms with Crippen molar-refractivity contribution >= 4 is 17.8 Å². The number of phenols is 3. The minimum absolute atomic E-state index is 0.0253. The number of carbonyl (C=O) groups excluding carboxylic acids is 1. The van der Waals surface area contributed by atoms with Crippen molar-refractivity contribution in [2.75, 3.05) is 26.4 Å². The molecule has 2 aromatic carbocycles. The maximum absolute atomic E-state index is 12.4. The Labute approximate surface area is 345 Å². The molecule has 12 N–H and O–H groups in total. The quantitative estimate of drug-likeness (QED) is 0.0632. The van der Waals surface area contributed by atoms with Gasteiger partial charge in [-0.25, -0.2) is 4.79 Å². The van der Waals surface area contributed by atoms with Crippen molar-refractivity contribution in [1.29, 1.82) is 0 Å². The van der Waals surface area contributed by atoms with Crippen molar-refractivity contribution in [3.8, 4) is 17.2 Å². The Morgan fingerprint density at radius 2 is 1.59 bits per heavy atom. The molecule has 7 rings (SSSR count). The molecule has 0 radical (unpaired) electrons. The second kappa shape index (κ2) is 18.0. The van der Waals surface area contributed by atoms with Gasteiger partial charge in [-0.2, -0.15) is 0 Å². The van der Waals surface area contributed by atoms with Gasteiger partial charge in [-0.05, 0) is 48.0 Å². The van der Waals surface area contributed by atoms with Crippen LogP contribution >= 0.6 is 0 Å². The largest absolute Gasteiger partial charge is 0.508 e. The number of esters is 1. The third-order valence-corrected chi connectivity index (χ3v) is 10.3. The summed E-state index contributed by atoms with van der Waals surface area (Å²) in [5, 5.41) is 125. The average molecular weight is 861 g/mol. The molecule has 5 aliphatic rings. The van der Waals surface area contributed by atoms with E-state index in [4.69, 9.17) is 37.9 Å². The van der Waals surface area contributed by atoms with Gasteiger partial charge in [0.1, 0.15) is 72.7 Å². The predicted octanol–water partition coefficient (Wildman–Crippen LogP) is -1.86. The molecule has 61 heavy (non-hydrogen) atoms. The summed E-state index contributed by atoms with van der Waals surface area (Å²) in [5.41, 5.74) is -1.47. The van der Waals surface area contributed by atoms with Crippen LogP contribution in [0, 0.1) is 0 Å². The molecule has 2 aromatic rings. The van der Waals surface area contributed by atoms with E-state index in [-0.39, 0.29) is 34.2 Å². The highest BCUT2D eigenvalue weighted by atomic mass is 16.8. The normalized spacial score (nSPS) is 35.1. The fourth-order valence-electron chi connectivity index (χ4n) is 6.83. The zero-order valence-electron chi connectivity index (χ0n) is 31.7. The summed E-state index contributed by atoms with van der Waals surface area (Å²) in [6, 6.07) is 9.52. The molecule has 0 spiro atoms. The maximum atomic E-state index is 12.4. The van der Waals surface area contributed by atoms with Crippen LogP contribution in [0.15, 0.2) is 89.6 Å². The lowest BCUT2D eigenvalue weighted by molar-refractivity contribution is -0.307. The van der Waals surface area contributed by atoms with Gasteiger partial charge in [-0.15, -0.1) is 0 Å². The molecule has 0 aromatic heterocycles. The van der Waals surface area contributed by atoms with Crippen LogP contribution in [0.2, 0.25) is 0 Å². The first-order chi connectivity index (χ1) is 29.0. The van der Waals surface area contributed by atoms with Crippen molar-refractivity contribution in [3.05, 3.63) is 101 Å². The lowest BCUT2D eigenvalue weighted by atomic mass is 9.96. The van der Waals surface area contributed by atoms with Crippen LogP contribution in [0.4, 0.5) is 0 Å². The highest BCUT2D eigenvalue weighted by Gasteiger charge is 2.53. The molecule has 0 amide bonds. The lowest BCUT2D eigenvalue weighted by Crippen LogP contribution is -2.59. The van der Waals surface area contributed by atoms with E-state index in [1.165, 1.54) is 36.4 Å². The van der Waals surface area contributed by atoms with Gasteiger partial charge in [-0.1, -0.05) is 12.1 Å². The highest BCUT2D eigenvalue weighted by molar-refractivity contribution is 5.87. The van der Waals surface area contributed by atoms with Crippen LogP contribution in [0.1, 0.15) is 11.1 Å². The van der Waals surface area contributed by atoms with E-state index in [2.05, 4.69) is 0 Å². The number of benzene rings is 2. The molecule has 21 heteroatoms. The molecule has 3 fully saturated rings. The summed E-state index contributed by atoms with van der Waals surface area (Å²) in [7, 11) is 0. The van der Waals surface area contributed by atoms with Gasteiger partial charge in [-0.3, -0.25) is 0 Å². The van der Waals surface area contributed by atoms with Crippen molar-refractivity contribution in [1.82, 2.24) is 0 Å². The van der Waals surface area contributed by atoms with E-state index in [1.807, 2.05) is 0 Å². The number of allylic oxidation sites excluding steroid dienone is 2. The van der Waals surface area contributed by atoms with Crippen LogP contribution in [-0.2, 0) is 42.7 Å². The van der Waals surface area contributed by atoms with E-state index in [9.17, 15) is 66.1 Å². The number of ether oxygens (including phenoxy) is 8. The second-order valence-electron chi connectivity index (χ2n) is 14.7.